The summed E-state index contributed by atoms with van der Waals surface area (Å²) in [6.45, 7) is 6.52. The summed E-state index contributed by atoms with van der Waals surface area (Å²) in [7, 11) is -1.15. The fourth-order valence-electron chi connectivity index (χ4n) is 1.35. The van der Waals surface area contributed by atoms with Gasteiger partial charge in [0.15, 0.2) is 0 Å². The minimum Gasteiger partial charge on any atom is -0.359 e. The molecule has 0 spiro atoms. The first-order chi connectivity index (χ1) is 8.49. The van der Waals surface area contributed by atoms with Crippen molar-refractivity contribution in [1.82, 2.24) is 9.97 Å². The predicted octanol–water partition coefficient (Wildman–Crippen LogP) is 2.02. The van der Waals surface area contributed by atoms with Crippen LogP contribution in [0.25, 0.3) is 0 Å². The Morgan fingerprint density at radius 1 is 1.32 bits per heavy atom. The van der Waals surface area contributed by atoms with Crippen LogP contribution in [0.15, 0.2) is 10.7 Å². The third-order valence-corrected chi connectivity index (χ3v) is 3.87. The second-order valence-electron chi connectivity index (χ2n) is 5.67. The summed E-state index contributed by atoms with van der Waals surface area (Å²) in [4.78, 5) is 10.7. The number of halogens is 1. The molecule has 0 amide bonds. The van der Waals surface area contributed by atoms with Crippen LogP contribution >= 0.6 is 15.9 Å². The molecule has 0 unspecified atom stereocenters. The van der Waals surface area contributed by atoms with Crippen LogP contribution in [0.2, 0.25) is 0 Å². The van der Waals surface area contributed by atoms with Gasteiger partial charge in [-0.15, -0.1) is 0 Å². The number of rotatable bonds is 4. The smallest absolute Gasteiger partial charge is 0.149 e. The monoisotopic (exact) mass is 349 g/mol. The number of hydrogen-bond acceptors (Lipinski definition) is 5. The molecule has 0 N–H and O–H groups in total. The number of anilines is 1. The normalized spacial score (nSPS) is 12.5. The molecule has 5 nitrogen and oxygen atoms in total. The van der Waals surface area contributed by atoms with Crippen LogP contribution in [-0.4, -0.2) is 44.0 Å². The van der Waals surface area contributed by atoms with Crippen LogP contribution in [0, 0.1) is 0 Å². The molecular weight excluding hydrogens is 330 g/mol. The molecule has 0 aliphatic heterocycles. The Balaban J connectivity index is 2.98. The molecular formula is C12H20BrN3O2S. The second kappa shape index (κ2) is 5.75. The summed E-state index contributed by atoms with van der Waals surface area (Å²) in [6, 6.07) is 1.79. The van der Waals surface area contributed by atoms with Gasteiger partial charge in [0.25, 0.3) is 0 Å². The molecule has 19 heavy (non-hydrogen) atoms. The predicted molar refractivity (Wildman–Crippen MR) is 81.4 cm³/mol. The Bertz CT molecular complexity index is 553. The molecule has 7 heteroatoms. The van der Waals surface area contributed by atoms with E-state index in [4.69, 9.17) is 0 Å². The summed E-state index contributed by atoms with van der Waals surface area (Å²) < 4.78 is 23.1. The lowest BCUT2D eigenvalue weighted by Crippen LogP contribution is -2.27. The van der Waals surface area contributed by atoms with E-state index in [1.807, 2.05) is 32.7 Å². The SMILES string of the molecule is CN(CCS(C)(=O)=O)c1cc(Br)nc(C(C)(C)C)n1. The van der Waals surface area contributed by atoms with Gasteiger partial charge >= 0.3 is 0 Å². The first kappa shape index (κ1) is 16.4. The van der Waals surface area contributed by atoms with Crippen molar-refractivity contribution in [1.29, 1.82) is 0 Å². The van der Waals surface area contributed by atoms with E-state index in [9.17, 15) is 8.42 Å². The van der Waals surface area contributed by atoms with Crippen molar-refractivity contribution in [2.24, 2.45) is 0 Å². The summed E-state index contributed by atoms with van der Waals surface area (Å²) in [5.74, 6) is 1.55. The van der Waals surface area contributed by atoms with Crippen molar-refractivity contribution in [3.63, 3.8) is 0 Å². The number of hydrogen-bond donors (Lipinski definition) is 0. The van der Waals surface area contributed by atoms with Crippen LogP contribution in [-0.2, 0) is 15.3 Å². The lowest BCUT2D eigenvalue weighted by molar-refractivity contribution is 0.543. The van der Waals surface area contributed by atoms with E-state index in [2.05, 4.69) is 25.9 Å². The van der Waals surface area contributed by atoms with Gasteiger partial charge in [-0.2, -0.15) is 0 Å². The van der Waals surface area contributed by atoms with Crippen LogP contribution in [0.5, 0.6) is 0 Å². The average Bonchev–Trinajstić information content (AvgIpc) is 2.22. The molecule has 0 atom stereocenters. The Morgan fingerprint density at radius 3 is 2.37 bits per heavy atom. The van der Waals surface area contributed by atoms with Gasteiger partial charge < -0.3 is 4.90 Å². The van der Waals surface area contributed by atoms with Gasteiger partial charge in [0, 0.05) is 31.3 Å². The molecule has 0 aromatic carbocycles. The summed E-state index contributed by atoms with van der Waals surface area (Å²) >= 11 is 3.37. The molecule has 108 valence electrons. The standard InChI is InChI=1S/C12H20BrN3O2S/c1-12(2,3)11-14-9(13)8-10(15-11)16(4)6-7-19(5,17)18/h8H,6-7H2,1-5H3. The van der Waals surface area contributed by atoms with Crippen LogP contribution < -0.4 is 4.90 Å². The average molecular weight is 350 g/mol. The maximum Gasteiger partial charge on any atom is 0.149 e. The third kappa shape index (κ3) is 5.44. The summed E-state index contributed by atoms with van der Waals surface area (Å²) in [5, 5.41) is 0. The highest BCUT2D eigenvalue weighted by molar-refractivity contribution is 9.10. The maximum absolute atomic E-state index is 11.2. The number of aromatic nitrogens is 2. The van der Waals surface area contributed by atoms with E-state index in [1.54, 1.807) is 6.07 Å². The van der Waals surface area contributed by atoms with Gasteiger partial charge in [-0.3, -0.25) is 0 Å². The van der Waals surface area contributed by atoms with Crippen LogP contribution in [0.4, 0.5) is 5.82 Å². The molecule has 0 saturated carbocycles. The van der Waals surface area contributed by atoms with E-state index in [0.717, 1.165) is 11.6 Å². The minimum atomic E-state index is -2.97. The topological polar surface area (TPSA) is 63.2 Å². The van der Waals surface area contributed by atoms with E-state index < -0.39 is 9.84 Å². The Kier molecular flexibility index (Phi) is 4.95. The highest BCUT2D eigenvalue weighted by Gasteiger charge is 2.19. The Hall–Kier alpha value is -0.690. The van der Waals surface area contributed by atoms with E-state index in [-0.39, 0.29) is 11.2 Å². The zero-order chi connectivity index (χ0) is 14.8. The van der Waals surface area contributed by atoms with Crippen LogP contribution in [0.3, 0.4) is 0 Å². The summed E-state index contributed by atoms with van der Waals surface area (Å²) in [6.07, 6.45) is 1.23. The summed E-state index contributed by atoms with van der Waals surface area (Å²) in [5.41, 5.74) is -0.157. The first-order valence-corrected chi connectivity index (χ1v) is 8.78. The Labute approximate surface area is 123 Å². The molecule has 1 heterocycles. The van der Waals surface area contributed by atoms with Crippen LogP contribution in [0.1, 0.15) is 26.6 Å². The fourth-order valence-corrected chi connectivity index (χ4v) is 2.33. The van der Waals surface area contributed by atoms with Crippen molar-refractivity contribution in [2.75, 3.05) is 30.5 Å². The molecule has 0 radical (unpaired) electrons. The Morgan fingerprint density at radius 2 is 1.89 bits per heavy atom. The quantitative estimate of drug-likeness (QED) is 0.778. The van der Waals surface area contributed by atoms with Crippen molar-refractivity contribution in [3.8, 4) is 0 Å². The number of nitrogens with zero attached hydrogens (tertiary/aromatic N) is 3. The van der Waals surface area contributed by atoms with Gasteiger partial charge in [-0.25, -0.2) is 18.4 Å². The van der Waals surface area contributed by atoms with Crippen molar-refractivity contribution >= 4 is 31.6 Å². The molecule has 0 aliphatic carbocycles. The minimum absolute atomic E-state index is 0.107. The molecule has 1 rings (SSSR count). The first-order valence-electron chi connectivity index (χ1n) is 5.93. The molecule has 0 bridgehead atoms. The second-order valence-corrected chi connectivity index (χ2v) is 8.75. The van der Waals surface area contributed by atoms with Crippen molar-refractivity contribution < 1.29 is 8.42 Å². The van der Waals surface area contributed by atoms with Gasteiger partial charge in [-0.05, 0) is 15.9 Å². The maximum atomic E-state index is 11.2. The molecule has 0 aliphatic rings. The highest BCUT2D eigenvalue weighted by atomic mass is 79.9. The lowest BCUT2D eigenvalue weighted by Gasteiger charge is -2.22. The van der Waals surface area contributed by atoms with Gasteiger partial charge in [0.2, 0.25) is 0 Å². The lowest BCUT2D eigenvalue weighted by atomic mass is 9.96. The largest absolute Gasteiger partial charge is 0.359 e. The zero-order valence-electron chi connectivity index (χ0n) is 11.9. The number of sulfone groups is 1. The molecule has 1 aromatic heterocycles. The third-order valence-electron chi connectivity index (χ3n) is 2.54. The van der Waals surface area contributed by atoms with Crippen molar-refractivity contribution in [3.05, 3.63) is 16.5 Å². The fraction of sp³-hybridized carbons (Fsp3) is 0.667. The highest BCUT2D eigenvalue weighted by Crippen LogP contribution is 2.23. The van der Waals surface area contributed by atoms with Crippen molar-refractivity contribution in [2.45, 2.75) is 26.2 Å². The van der Waals surface area contributed by atoms with Gasteiger partial charge in [-0.1, -0.05) is 20.8 Å². The van der Waals surface area contributed by atoms with E-state index >= 15 is 0 Å². The molecule has 1 aromatic rings. The van der Waals surface area contributed by atoms with Gasteiger partial charge in [0.05, 0.1) is 5.75 Å². The van der Waals surface area contributed by atoms with Gasteiger partial charge in [0.1, 0.15) is 26.1 Å². The zero-order valence-corrected chi connectivity index (χ0v) is 14.3. The van der Waals surface area contributed by atoms with E-state index in [1.165, 1.54) is 6.26 Å². The molecule has 0 saturated heterocycles. The molecule has 0 fully saturated rings. The van der Waals surface area contributed by atoms with E-state index in [0.29, 0.717) is 11.1 Å².